The second kappa shape index (κ2) is 7.28. The number of hydrogen-bond donors (Lipinski definition) is 0. The first-order valence-electron chi connectivity index (χ1n) is 11.8. The first-order valence-corrected chi connectivity index (χ1v) is 11.8. The molecule has 1 atom stereocenters. The molecule has 0 amide bonds. The highest BCUT2D eigenvalue weighted by Crippen LogP contribution is 2.60. The molecule has 2 aliphatic heterocycles. The van der Waals surface area contributed by atoms with Gasteiger partial charge in [0.25, 0.3) is 0 Å². The lowest BCUT2D eigenvalue weighted by Crippen LogP contribution is -2.64. The van der Waals surface area contributed by atoms with Crippen LogP contribution in [-0.4, -0.2) is 24.0 Å². The Kier molecular flexibility index (Phi) is 4.15. The Morgan fingerprint density at radius 1 is 0.714 bits per heavy atom. The van der Waals surface area contributed by atoms with Gasteiger partial charge in [-0.2, -0.15) is 0 Å². The van der Waals surface area contributed by atoms with Crippen LogP contribution in [0.15, 0.2) is 120 Å². The molecule has 35 heavy (non-hydrogen) atoms. The molecule has 4 aromatic carbocycles. The third kappa shape index (κ3) is 2.51. The fourth-order valence-electron chi connectivity index (χ4n) is 5.98. The number of aliphatic imine (C=N–C) groups is 1. The van der Waals surface area contributed by atoms with Crippen LogP contribution in [0.2, 0.25) is 0 Å². The van der Waals surface area contributed by atoms with Crippen molar-refractivity contribution >= 4 is 28.5 Å². The first-order chi connectivity index (χ1) is 17.3. The Hall–Kier alpha value is -4.44. The molecule has 5 aromatic rings. The number of nitrogens with zero attached hydrogens (tertiary/aromatic N) is 3. The molecule has 4 heteroatoms. The SMILES string of the molecule is CN1c2ccccc2C(c2ccccc2)(c2ccccc2)C12C=Nc1c(ccc3ncccc13)O2. The molecule has 0 N–H and O–H groups in total. The lowest BCUT2D eigenvalue weighted by Gasteiger charge is -2.48. The highest BCUT2D eigenvalue weighted by atomic mass is 16.5. The molecule has 3 heterocycles. The minimum Gasteiger partial charge on any atom is -0.459 e. The smallest absolute Gasteiger partial charge is 0.237 e. The van der Waals surface area contributed by atoms with Crippen molar-refractivity contribution in [3.05, 3.63) is 132 Å². The van der Waals surface area contributed by atoms with Crippen molar-refractivity contribution in [2.75, 3.05) is 11.9 Å². The topological polar surface area (TPSA) is 37.7 Å². The van der Waals surface area contributed by atoms with E-state index in [0.29, 0.717) is 0 Å². The fourth-order valence-corrected chi connectivity index (χ4v) is 5.98. The molecular weight excluding hydrogens is 430 g/mol. The van der Waals surface area contributed by atoms with Crippen LogP contribution in [0.4, 0.5) is 11.4 Å². The Labute approximate surface area is 204 Å². The Morgan fingerprint density at radius 3 is 2.14 bits per heavy atom. The summed E-state index contributed by atoms with van der Waals surface area (Å²) in [6.45, 7) is 0. The van der Waals surface area contributed by atoms with E-state index in [1.165, 1.54) is 5.56 Å². The molecule has 0 saturated heterocycles. The molecule has 7 rings (SSSR count). The van der Waals surface area contributed by atoms with E-state index in [2.05, 4.69) is 108 Å². The summed E-state index contributed by atoms with van der Waals surface area (Å²) in [7, 11) is 2.10. The van der Waals surface area contributed by atoms with E-state index >= 15 is 0 Å². The second-order valence-electron chi connectivity index (χ2n) is 9.10. The molecular formula is C31H23N3O. The number of ether oxygens (including phenoxy) is 1. The summed E-state index contributed by atoms with van der Waals surface area (Å²) in [4.78, 5) is 11.9. The van der Waals surface area contributed by atoms with Crippen molar-refractivity contribution < 1.29 is 4.74 Å². The Balaban J connectivity index is 1.59. The van der Waals surface area contributed by atoms with Crippen LogP contribution in [-0.2, 0) is 5.41 Å². The number of anilines is 1. The Morgan fingerprint density at radius 2 is 1.40 bits per heavy atom. The standard InChI is InChI=1S/C31H23N3O/c1-34-27-17-9-8-16-25(27)31(22-11-4-2-5-12-22,23-13-6-3-7-14-23)30(34)21-33-29-24-15-10-20-32-26(24)18-19-28(29)35-30/h2-21H,1H3. The third-order valence-electron chi connectivity index (χ3n) is 7.47. The molecule has 4 nitrogen and oxygen atoms in total. The number of para-hydroxylation sites is 1. The van der Waals surface area contributed by atoms with Gasteiger partial charge in [0.1, 0.15) is 16.9 Å². The maximum absolute atomic E-state index is 7.16. The van der Waals surface area contributed by atoms with Gasteiger partial charge in [-0.1, -0.05) is 78.9 Å². The lowest BCUT2D eigenvalue weighted by molar-refractivity contribution is 0.103. The van der Waals surface area contributed by atoms with Crippen molar-refractivity contribution in [1.82, 2.24) is 4.98 Å². The van der Waals surface area contributed by atoms with E-state index in [0.717, 1.165) is 39.2 Å². The number of benzene rings is 4. The van der Waals surface area contributed by atoms with Crippen molar-refractivity contribution in [2.45, 2.75) is 11.1 Å². The zero-order valence-electron chi connectivity index (χ0n) is 19.3. The molecule has 0 saturated carbocycles. The van der Waals surface area contributed by atoms with E-state index in [-0.39, 0.29) is 0 Å². The highest BCUT2D eigenvalue weighted by Gasteiger charge is 2.65. The molecule has 0 fully saturated rings. The quantitative estimate of drug-likeness (QED) is 0.306. The molecule has 0 bridgehead atoms. The molecule has 1 unspecified atom stereocenters. The summed E-state index contributed by atoms with van der Waals surface area (Å²) in [5.74, 6) is 0.754. The van der Waals surface area contributed by atoms with E-state index < -0.39 is 11.1 Å². The van der Waals surface area contributed by atoms with E-state index in [4.69, 9.17) is 9.73 Å². The van der Waals surface area contributed by atoms with E-state index in [1.807, 2.05) is 24.4 Å². The van der Waals surface area contributed by atoms with Gasteiger partial charge < -0.3 is 9.64 Å². The molecule has 0 radical (unpaired) electrons. The maximum Gasteiger partial charge on any atom is 0.237 e. The number of fused-ring (bicyclic) bond motifs is 4. The van der Waals surface area contributed by atoms with Crippen LogP contribution in [0.1, 0.15) is 16.7 Å². The number of rotatable bonds is 2. The monoisotopic (exact) mass is 453 g/mol. The van der Waals surface area contributed by atoms with Crippen molar-refractivity contribution in [2.24, 2.45) is 4.99 Å². The van der Waals surface area contributed by atoms with Gasteiger partial charge in [0.05, 0.1) is 11.7 Å². The van der Waals surface area contributed by atoms with Crippen LogP contribution in [0, 0.1) is 0 Å². The molecule has 0 aliphatic carbocycles. The number of hydrogen-bond acceptors (Lipinski definition) is 4. The number of pyridine rings is 1. The zero-order chi connectivity index (χ0) is 23.5. The molecule has 1 aromatic heterocycles. The second-order valence-corrected chi connectivity index (χ2v) is 9.10. The van der Waals surface area contributed by atoms with Gasteiger partial charge in [0.2, 0.25) is 5.72 Å². The van der Waals surface area contributed by atoms with Gasteiger partial charge in [-0.25, -0.2) is 0 Å². The van der Waals surface area contributed by atoms with Gasteiger partial charge >= 0.3 is 0 Å². The largest absolute Gasteiger partial charge is 0.459 e. The average Bonchev–Trinajstić information content (AvgIpc) is 3.14. The van der Waals surface area contributed by atoms with Crippen LogP contribution in [0.3, 0.4) is 0 Å². The van der Waals surface area contributed by atoms with Crippen LogP contribution >= 0.6 is 0 Å². The molecule has 168 valence electrons. The number of aromatic nitrogens is 1. The van der Waals surface area contributed by atoms with E-state index in [1.54, 1.807) is 6.20 Å². The maximum atomic E-state index is 7.16. The third-order valence-corrected chi connectivity index (χ3v) is 7.47. The van der Waals surface area contributed by atoms with Gasteiger partial charge in [-0.15, -0.1) is 0 Å². The Bertz CT molecular complexity index is 1560. The molecule has 1 spiro atoms. The highest BCUT2D eigenvalue weighted by molar-refractivity contribution is 5.99. The van der Waals surface area contributed by atoms with Crippen molar-refractivity contribution in [3.63, 3.8) is 0 Å². The summed E-state index contributed by atoms with van der Waals surface area (Å²) in [5, 5.41) is 0.985. The predicted octanol–water partition coefficient (Wildman–Crippen LogP) is 6.51. The summed E-state index contributed by atoms with van der Waals surface area (Å²) in [6.07, 6.45) is 3.81. The fraction of sp³-hybridized carbons (Fsp3) is 0.0968. The number of likely N-dealkylation sites (N-methyl/N-ethyl adjacent to an activating group) is 1. The summed E-state index contributed by atoms with van der Waals surface area (Å²) >= 11 is 0. The normalized spacial score (nSPS) is 19.4. The molecule has 2 aliphatic rings. The summed E-state index contributed by atoms with van der Waals surface area (Å²) in [6, 6.07) is 37.9. The first kappa shape index (κ1) is 20.0. The zero-order valence-corrected chi connectivity index (χ0v) is 19.3. The van der Waals surface area contributed by atoms with E-state index in [9.17, 15) is 0 Å². The van der Waals surface area contributed by atoms with Gasteiger partial charge in [0, 0.05) is 24.3 Å². The summed E-state index contributed by atoms with van der Waals surface area (Å²) in [5.41, 5.74) is 4.79. The lowest BCUT2D eigenvalue weighted by atomic mass is 9.64. The predicted molar refractivity (Wildman–Crippen MR) is 141 cm³/mol. The van der Waals surface area contributed by atoms with Gasteiger partial charge in [-0.05, 0) is 47.0 Å². The van der Waals surface area contributed by atoms with Crippen molar-refractivity contribution in [3.8, 4) is 5.75 Å². The average molecular weight is 454 g/mol. The van der Waals surface area contributed by atoms with Crippen molar-refractivity contribution in [1.29, 1.82) is 0 Å². The van der Waals surface area contributed by atoms with Crippen LogP contribution in [0.5, 0.6) is 5.75 Å². The minimum absolute atomic E-state index is 0.647. The van der Waals surface area contributed by atoms with Crippen LogP contribution in [0.25, 0.3) is 10.9 Å². The van der Waals surface area contributed by atoms with Gasteiger partial charge in [-0.3, -0.25) is 9.98 Å². The minimum atomic E-state index is -0.914. The van der Waals surface area contributed by atoms with Crippen LogP contribution < -0.4 is 9.64 Å². The van der Waals surface area contributed by atoms with Gasteiger partial charge in [0.15, 0.2) is 0 Å². The summed E-state index contributed by atoms with van der Waals surface area (Å²) < 4.78 is 7.16.